The summed E-state index contributed by atoms with van der Waals surface area (Å²) in [5.74, 6) is 0.842. The second kappa shape index (κ2) is 10.8. The Kier molecular flexibility index (Phi) is 8.34. The molecule has 0 bridgehead atoms. The summed E-state index contributed by atoms with van der Waals surface area (Å²) in [4.78, 5) is 22.1. The smallest absolute Gasteiger partial charge is 0.250 e. The molecule has 2 heterocycles. The minimum absolute atomic E-state index is 0.0703. The maximum Gasteiger partial charge on any atom is 0.250 e. The SMILES string of the molecule is CCNC(=NCCCCn1c(C)cccc1=O)NCCc1ncc(C)s1. The fraction of sp³-hybridized carbons (Fsp3) is 0.526. The van der Waals surface area contributed by atoms with E-state index in [-0.39, 0.29) is 5.56 Å². The van der Waals surface area contributed by atoms with Crippen molar-refractivity contribution in [2.75, 3.05) is 19.6 Å². The Morgan fingerprint density at radius 2 is 2.12 bits per heavy atom. The first kappa shape index (κ1) is 20.2. The Hall–Kier alpha value is -2.15. The van der Waals surface area contributed by atoms with Crippen molar-refractivity contribution in [3.8, 4) is 0 Å². The lowest BCUT2D eigenvalue weighted by Crippen LogP contribution is -2.38. The first-order chi connectivity index (χ1) is 12.6. The van der Waals surface area contributed by atoms with E-state index >= 15 is 0 Å². The minimum Gasteiger partial charge on any atom is -0.357 e. The second-order valence-corrected chi connectivity index (χ2v) is 7.49. The predicted molar refractivity (Wildman–Crippen MR) is 109 cm³/mol. The molecule has 0 radical (unpaired) electrons. The van der Waals surface area contributed by atoms with E-state index in [1.165, 1.54) is 4.88 Å². The van der Waals surface area contributed by atoms with Crippen LogP contribution < -0.4 is 16.2 Å². The van der Waals surface area contributed by atoms with Crippen molar-refractivity contribution in [2.45, 2.75) is 46.6 Å². The number of rotatable bonds is 9. The maximum absolute atomic E-state index is 11.8. The van der Waals surface area contributed by atoms with Crippen molar-refractivity contribution in [3.05, 3.63) is 50.3 Å². The highest BCUT2D eigenvalue weighted by Crippen LogP contribution is 2.10. The van der Waals surface area contributed by atoms with Gasteiger partial charge < -0.3 is 15.2 Å². The van der Waals surface area contributed by atoms with Gasteiger partial charge in [-0.25, -0.2) is 4.98 Å². The zero-order valence-electron chi connectivity index (χ0n) is 15.9. The van der Waals surface area contributed by atoms with Crippen LogP contribution in [0.5, 0.6) is 0 Å². The lowest BCUT2D eigenvalue weighted by Gasteiger charge is -2.11. The number of hydrogen-bond acceptors (Lipinski definition) is 4. The lowest BCUT2D eigenvalue weighted by atomic mass is 10.3. The lowest BCUT2D eigenvalue weighted by molar-refractivity contribution is 0.585. The standard InChI is InChI=1S/C19H29N5OS/c1-4-20-19(22-12-10-17-23-14-16(3)26-17)21-11-5-6-13-24-15(2)8-7-9-18(24)25/h7-9,14H,4-6,10-13H2,1-3H3,(H2,20,21,22). The van der Waals surface area contributed by atoms with Gasteiger partial charge in [-0.3, -0.25) is 9.79 Å². The van der Waals surface area contributed by atoms with Gasteiger partial charge in [-0.15, -0.1) is 11.3 Å². The molecule has 0 aliphatic heterocycles. The summed E-state index contributed by atoms with van der Waals surface area (Å²) in [5, 5.41) is 7.77. The van der Waals surface area contributed by atoms with Crippen LogP contribution in [0, 0.1) is 13.8 Å². The van der Waals surface area contributed by atoms with Crippen LogP contribution in [0.25, 0.3) is 0 Å². The number of guanidine groups is 1. The van der Waals surface area contributed by atoms with Gasteiger partial charge >= 0.3 is 0 Å². The first-order valence-corrected chi connectivity index (χ1v) is 10.0. The number of aliphatic imine (C=N–C) groups is 1. The first-order valence-electron chi connectivity index (χ1n) is 9.20. The molecule has 2 aromatic rings. The van der Waals surface area contributed by atoms with Crippen molar-refractivity contribution >= 4 is 17.3 Å². The van der Waals surface area contributed by atoms with Crippen molar-refractivity contribution in [3.63, 3.8) is 0 Å². The molecule has 26 heavy (non-hydrogen) atoms. The van der Waals surface area contributed by atoms with E-state index in [1.807, 2.05) is 23.8 Å². The highest BCUT2D eigenvalue weighted by Gasteiger charge is 2.02. The van der Waals surface area contributed by atoms with Crippen molar-refractivity contribution in [2.24, 2.45) is 4.99 Å². The molecule has 0 amide bonds. The Morgan fingerprint density at radius 1 is 1.27 bits per heavy atom. The van der Waals surface area contributed by atoms with Crippen LogP contribution >= 0.6 is 11.3 Å². The zero-order chi connectivity index (χ0) is 18.8. The molecule has 0 aliphatic rings. The molecule has 7 heteroatoms. The number of unbranched alkanes of at least 4 members (excludes halogenated alkanes) is 1. The minimum atomic E-state index is 0.0703. The van der Waals surface area contributed by atoms with Crippen LogP contribution in [0.15, 0.2) is 34.2 Å². The summed E-state index contributed by atoms with van der Waals surface area (Å²) in [6, 6.07) is 5.39. The average molecular weight is 376 g/mol. The molecule has 0 fully saturated rings. The van der Waals surface area contributed by atoms with E-state index in [0.717, 1.165) is 62.1 Å². The molecule has 0 unspecified atom stereocenters. The van der Waals surface area contributed by atoms with Crippen LogP contribution in [0.3, 0.4) is 0 Å². The molecule has 0 saturated heterocycles. The van der Waals surface area contributed by atoms with Crippen LogP contribution in [-0.2, 0) is 13.0 Å². The molecule has 0 spiro atoms. The molecule has 0 aromatic carbocycles. The van der Waals surface area contributed by atoms with E-state index < -0.39 is 0 Å². The van der Waals surface area contributed by atoms with Crippen LogP contribution in [0.2, 0.25) is 0 Å². The van der Waals surface area contributed by atoms with Crippen LogP contribution in [-0.4, -0.2) is 35.1 Å². The molecular weight excluding hydrogens is 346 g/mol. The maximum atomic E-state index is 11.8. The molecular formula is C19H29N5OS. The number of thiazole rings is 1. The number of aryl methyl sites for hydroxylation is 2. The Balaban J connectivity index is 1.73. The van der Waals surface area contributed by atoms with Gasteiger partial charge in [-0.05, 0) is 39.7 Å². The van der Waals surface area contributed by atoms with Crippen LogP contribution in [0.4, 0.5) is 0 Å². The van der Waals surface area contributed by atoms with Crippen molar-refractivity contribution < 1.29 is 0 Å². The number of aromatic nitrogens is 2. The molecule has 0 atom stereocenters. The van der Waals surface area contributed by atoms with E-state index in [4.69, 9.17) is 0 Å². The Bertz CT molecular complexity index is 765. The molecule has 2 rings (SSSR count). The highest BCUT2D eigenvalue weighted by atomic mass is 32.1. The quantitative estimate of drug-likeness (QED) is 0.401. The third-order valence-corrected chi connectivity index (χ3v) is 4.94. The molecule has 6 nitrogen and oxygen atoms in total. The predicted octanol–water partition coefficient (Wildman–Crippen LogP) is 2.50. The van der Waals surface area contributed by atoms with E-state index in [9.17, 15) is 4.79 Å². The normalized spacial score (nSPS) is 11.6. The van der Waals surface area contributed by atoms with Gasteiger partial charge in [-0.2, -0.15) is 0 Å². The monoisotopic (exact) mass is 375 g/mol. The van der Waals surface area contributed by atoms with E-state index in [2.05, 4.69) is 34.5 Å². The summed E-state index contributed by atoms with van der Waals surface area (Å²) in [6.45, 7) is 9.24. The number of pyridine rings is 1. The third-order valence-electron chi connectivity index (χ3n) is 3.97. The number of nitrogens with one attached hydrogen (secondary N) is 2. The van der Waals surface area contributed by atoms with Crippen LogP contribution in [0.1, 0.15) is 35.3 Å². The zero-order valence-corrected chi connectivity index (χ0v) is 16.7. The summed E-state index contributed by atoms with van der Waals surface area (Å²) in [7, 11) is 0. The molecule has 2 N–H and O–H groups in total. The fourth-order valence-corrected chi connectivity index (χ4v) is 3.42. The fourth-order valence-electron chi connectivity index (χ4n) is 2.63. The van der Waals surface area contributed by atoms with Crippen molar-refractivity contribution in [1.82, 2.24) is 20.2 Å². The van der Waals surface area contributed by atoms with E-state index in [0.29, 0.717) is 0 Å². The summed E-state index contributed by atoms with van der Waals surface area (Å²) in [5.41, 5.74) is 1.08. The van der Waals surface area contributed by atoms with Crippen molar-refractivity contribution in [1.29, 1.82) is 0 Å². The van der Waals surface area contributed by atoms with Gasteiger partial charge in [0.15, 0.2) is 5.96 Å². The average Bonchev–Trinajstić information content (AvgIpc) is 3.02. The topological polar surface area (TPSA) is 71.3 Å². The molecule has 0 aliphatic carbocycles. The Labute approximate surface area is 159 Å². The molecule has 2 aromatic heterocycles. The molecule has 142 valence electrons. The second-order valence-electron chi connectivity index (χ2n) is 6.17. The number of hydrogen-bond donors (Lipinski definition) is 2. The highest BCUT2D eigenvalue weighted by molar-refractivity contribution is 7.11. The van der Waals surface area contributed by atoms with Gasteiger partial charge in [0.25, 0.3) is 5.56 Å². The van der Waals surface area contributed by atoms with E-state index in [1.54, 1.807) is 23.5 Å². The van der Waals surface area contributed by atoms with Gasteiger partial charge in [-0.1, -0.05) is 6.07 Å². The van der Waals surface area contributed by atoms with Gasteiger partial charge in [0, 0.05) is 55.4 Å². The number of nitrogens with zero attached hydrogens (tertiary/aromatic N) is 3. The molecule has 0 saturated carbocycles. The summed E-state index contributed by atoms with van der Waals surface area (Å²) < 4.78 is 1.82. The summed E-state index contributed by atoms with van der Waals surface area (Å²) >= 11 is 1.74. The van der Waals surface area contributed by atoms with Gasteiger partial charge in [0.05, 0.1) is 5.01 Å². The third kappa shape index (κ3) is 6.63. The van der Waals surface area contributed by atoms with Gasteiger partial charge in [0.2, 0.25) is 0 Å². The van der Waals surface area contributed by atoms with Gasteiger partial charge in [0.1, 0.15) is 0 Å². The largest absolute Gasteiger partial charge is 0.357 e. The Morgan fingerprint density at radius 3 is 2.81 bits per heavy atom. The summed E-state index contributed by atoms with van der Waals surface area (Å²) in [6.07, 6.45) is 4.70.